The van der Waals surface area contributed by atoms with Gasteiger partial charge < -0.3 is 0 Å². The summed E-state index contributed by atoms with van der Waals surface area (Å²) < 4.78 is 0. The van der Waals surface area contributed by atoms with Crippen molar-refractivity contribution < 1.29 is 0 Å². The molecule has 0 N–H and O–H groups in total. The molecule has 0 radical (unpaired) electrons. The van der Waals surface area contributed by atoms with E-state index in [0.717, 1.165) is 37.4 Å². The largest absolute Gasteiger partial charge is 0.270 e. The summed E-state index contributed by atoms with van der Waals surface area (Å²) in [4.78, 5) is 8.84. The van der Waals surface area contributed by atoms with E-state index in [1.807, 2.05) is 13.3 Å². The van der Waals surface area contributed by atoms with E-state index < -0.39 is 0 Å². The van der Waals surface area contributed by atoms with Gasteiger partial charge in [-0.15, -0.1) is 0 Å². The molecule has 0 amide bonds. The molecule has 18 heavy (non-hydrogen) atoms. The van der Waals surface area contributed by atoms with E-state index >= 15 is 0 Å². The van der Waals surface area contributed by atoms with Gasteiger partial charge >= 0.3 is 0 Å². The molecular formula is C16H30N2. The molecule has 1 atom stereocenters. The zero-order chi connectivity index (χ0) is 13.8. The Kier molecular flexibility index (Phi) is 10.6. The zero-order valence-electron chi connectivity index (χ0n) is 12.9. The second kappa shape index (κ2) is 11.2. The van der Waals surface area contributed by atoms with Crippen LogP contribution in [0.5, 0.6) is 0 Å². The average molecular weight is 250 g/mol. The summed E-state index contributed by atoms with van der Waals surface area (Å²) in [7, 11) is 1.84. The maximum Gasteiger partial charge on any atom is 0.149 e. The van der Waals surface area contributed by atoms with E-state index in [1.54, 1.807) is 0 Å². The SMILES string of the molecule is CC/C=C(\CCC(C)CC)C(N=CCCC)=NC. The van der Waals surface area contributed by atoms with Crippen LogP contribution in [0.4, 0.5) is 0 Å². The molecule has 2 nitrogen and oxygen atoms in total. The van der Waals surface area contributed by atoms with Crippen molar-refractivity contribution in [3.63, 3.8) is 0 Å². The Hall–Kier alpha value is -0.920. The minimum Gasteiger partial charge on any atom is -0.270 e. The minimum atomic E-state index is 0.781. The smallest absolute Gasteiger partial charge is 0.149 e. The average Bonchev–Trinajstić information content (AvgIpc) is 2.39. The highest BCUT2D eigenvalue weighted by atomic mass is 14.9. The molecule has 0 aromatic carbocycles. The lowest BCUT2D eigenvalue weighted by Gasteiger charge is -2.11. The summed E-state index contributed by atoms with van der Waals surface area (Å²) in [5.74, 6) is 1.71. The van der Waals surface area contributed by atoms with Crippen LogP contribution in [0.15, 0.2) is 21.6 Å². The van der Waals surface area contributed by atoms with Gasteiger partial charge in [0.05, 0.1) is 0 Å². The van der Waals surface area contributed by atoms with E-state index in [-0.39, 0.29) is 0 Å². The van der Waals surface area contributed by atoms with E-state index in [0.29, 0.717) is 0 Å². The standard InChI is InChI=1S/C16H30N2/c1-6-9-13-18-16(17-5)15(10-7-2)12-11-14(4)8-3/h10,13-14H,6-9,11-12H2,1-5H3/b15-10+,17-16?,18-13?. The molecule has 0 heterocycles. The maximum atomic E-state index is 4.51. The van der Waals surface area contributed by atoms with Gasteiger partial charge in [0, 0.05) is 13.3 Å². The summed E-state index contributed by atoms with van der Waals surface area (Å²) in [6.07, 6.45) is 11.1. The highest BCUT2D eigenvalue weighted by molar-refractivity contribution is 6.02. The topological polar surface area (TPSA) is 24.7 Å². The molecule has 0 bridgehead atoms. The van der Waals surface area contributed by atoms with E-state index in [1.165, 1.54) is 18.4 Å². The summed E-state index contributed by atoms with van der Waals surface area (Å²) in [5.41, 5.74) is 1.31. The van der Waals surface area contributed by atoms with Crippen LogP contribution in [0.25, 0.3) is 0 Å². The zero-order valence-corrected chi connectivity index (χ0v) is 12.9. The quantitative estimate of drug-likeness (QED) is 0.425. The molecule has 0 aliphatic rings. The first-order chi connectivity index (χ1) is 8.69. The predicted octanol–water partition coefficient (Wildman–Crippen LogP) is 5.05. The number of hydrogen-bond acceptors (Lipinski definition) is 1. The molecular weight excluding hydrogens is 220 g/mol. The fourth-order valence-corrected chi connectivity index (χ4v) is 1.72. The molecule has 104 valence electrons. The summed E-state index contributed by atoms with van der Waals surface area (Å²) in [6, 6.07) is 0. The molecule has 0 aliphatic heterocycles. The van der Waals surface area contributed by atoms with Gasteiger partial charge in [-0.3, -0.25) is 4.99 Å². The van der Waals surface area contributed by atoms with Crippen LogP contribution in [-0.4, -0.2) is 19.1 Å². The summed E-state index contributed by atoms with van der Waals surface area (Å²) in [5, 5.41) is 0. The number of aliphatic imine (C=N–C) groups is 2. The number of rotatable bonds is 8. The van der Waals surface area contributed by atoms with Crippen LogP contribution in [0, 0.1) is 5.92 Å². The predicted molar refractivity (Wildman–Crippen MR) is 83.8 cm³/mol. The first-order valence-corrected chi connectivity index (χ1v) is 7.38. The van der Waals surface area contributed by atoms with Gasteiger partial charge in [-0.25, -0.2) is 4.99 Å². The van der Waals surface area contributed by atoms with Gasteiger partial charge in [0.1, 0.15) is 5.84 Å². The number of nitrogens with zero attached hydrogens (tertiary/aromatic N) is 2. The third-order valence-electron chi connectivity index (χ3n) is 3.18. The van der Waals surface area contributed by atoms with Crippen LogP contribution in [0.2, 0.25) is 0 Å². The van der Waals surface area contributed by atoms with Crippen LogP contribution < -0.4 is 0 Å². The second-order valence-electron chi connectivity index (χ2n) is 4.84. The molecule has 0 saturated heterocycles. The first kappa shape index (κ1) is 17.1. The van der Waals surface area contributed by atoms with Crippen LogP contribution >= 0.6 is 0 Å². The fraction of sp³-hybridized carbons (Fsp3) is 0.750. The summed E-state index contributed by atoms with van der Waals surface area (Å²) in [6.45, 7) is 8.90. The lowest BCUT2D eigenvalue weighted by atomic mass is 9.98. The molecule has 0 aliphatic carbocycles. The molecule has 0 aromatic rings. The summed E-state index contributed by atoms with van der Waals surface area (Å²) >= 11 is 0. The van der Waals surface area contributed by atoms with E-state index in [2.05, 4.69) is 43.8 Å². The third kappa shape index (κ3) is 7.41. The number of unbranched alkanes of at least 4 members (excludes halogenated alkanes) is 1. The molecule has 0 aromatic heterocycles. The van der Waals surface area contributed by atoms with E-state index in [4.69, 9.17) is 0 Å². The van der Waals surface area contributed by atoms with Gasteiger partial charge in [-0.2, -0.15) is 0 Å². The Morgan fingerprint density at radius 1 is 1.22 bits per heavy atom. The number of amidine groups is 1. The third-order valence-corrected chi connectivity index (χ3v) is 3.18. The molecule has 1 unspecified atom stereocenters. The van der Waals surface area contributed by atoms with Crippen molar-refractivity contribution in [1.82, 2.24) is 0 Å². The van der Waals surface area contributed by atoms with Crippen molar-refractivity contribution >= 4 is 12.1 Å². The highest BCUT2D eigenvalue weighted by Crippen LogP contribution is 2.17. The van der Waals surface area contributed by atoms with Gasteiger partial charge in [-0.1, -0.05) is 46.6 Å². The normalized spacial score (nSPS) is 15.4. The Bertz CT molecular complexity index is 287. The van der Waals surface area contributed by atoms with Crippen LogP contribution in [0.1, 0.15) is 66.2 Å². The molecule has 0 rings (SSSR count). The van der Waals surface area contributed by atoms with Gasteiger partial charge in [0.2, 0.25) is 0 Å². The van der Waals surface area contributed by atoms with E-state index in [9.17, 15) is 0 Å². The Morgan fingerprint density at radius 3 is 2.44 bits per heavy atom. The van der Waals surface area contributed by atoms with Crippen LogP contribution in [-0.2, 0) is 0 Å². The number of hydrogen-bond donors (Lipinski definition) is 0. The Labute approximate surface area is 113 Å². The van der Waals surface area contributed by atoms with Gasteiger partial charge in [0.15, 0.2) is 0 Å². The lowest BCUT2D eigenvalue weighted by molar-refractivity contribution is 0.518. The fourth-order valence-electron chi connectivity index (χ4n) is 1.72. The van der Waals surface area contributed by atoms with Gasteiger partial charge in [-0.05, 0) is 37.2 Å². The van der Waals surface area contributed by atoms with Crippen molar-refractivity contribution in [1.29, 1.82) is 0 Å². The van der Waals surface area contributed by atoms with Crippen molar-refractivity contribution in [3.05, 3.63) is 11.6 Å². The lowest BCUT2D eigenvalue weighted by Crippen LogP contribution is -2.03. The Morgan fingerprint density at radius 2 is 1.94 bits per heavy atom. The Balaban J connectivity index is 4.60. The van der Waals surface area contributed by atoms with Crippen molar-refractivity contribution in [2.45, 2.75) is 66.2 Å². The molecule has 0 spiro atoms. The highest BCUT2D eigenvalue weighted by Gasteiger charge is 2.07. The monoisotopic (exact) mass is 250 g/mol. The van der Waals surface area contributed by atoms with Gasteiger partial charge in [0.25, 0.3) is 0 Å². The number of allylic oxidation sites excluding steroid dienone is 1. The molecule has 0 fully saturated rings. The van der Waals surface area contributed by atoms with Crippen molar-refractivity contribution in [2.75, 3.05) is 7.05 Å². The van der Waals surface area contributed by atoms with Crippen molar-refractivity contribution in [3.8, 4) is 0 Å². The molecule has 2 heteroatoms. The first-order valence-electron chi connectivity index (χ1n) is 7.38. The van der Waals surface area contributed by atoms with Crippen LogP contribution in [0.3, 0.4) is 0 Å². The minimum absolute atomic E-state index is 0.781. The second-order valence-corrected chi connectivity index (χ2v) is 4.84. The molecule has 0 saturated carbocycles. The maximum absolute atomic E-state index is 4.51. The van der Waals surface area contributed by atoms with Crippen molar-refractivity contribution in [2.24, 2.45) is 15.9 Å².